The van der Waals surface area contributed by atoms with E-state index in [9.17, 15) is 4.79 Å². The quantitative estimate of drug-likeness (QED) is 0.457. The Labute approximate surface area is 104 Å². The maximum atomic E-state index is 11.0. The number of benzene rings is 1. The molecule has 1 aromatic heterocycles. The van der Waals surface area contributed by atoms with E-state index < -0.39 is 5.76 Å². The van der Waals surface area contributed by atoms with E-state index in [2.05, 4.69) is 10.3 Å². The zero-order chi connectivity index (χ0) is 13.0. The van der Waals surface area contributed by atoms with Gasteiger partial charge in [0.1, 0.15) is 0 Å². The number of H-pyrrole nitrogens is 1. The summed E-state index contributed by atoms with van der Waals surface area (Å²) >= 11 is 0. The van der Waals surface area contributed by atoms with Crippen LogP contribution in [-0.2, 0) is 0 Å². The molecule has 0 amide bonds. The van der Waals surface area contributed by atoms with Crippen LogP contribution in [-0.4, -0.2) is 23.2 Å². The highest BCUT2D eigenvalue weighted by Gasteiger charge is 2.06. The standard InChI is InChI=1S/C12H17N3O3/c13-8-6-11-10(15-12(17)18-11)7-9(8)14-4-2-1-3-5-16/h6-7,14,16H,1-5,13H2,(H,15,17). The van der Waals surface area contributed by atoms with E-state index >= 15 is 0 Å². The van der Waals surface area contributed by atoms with Crippen LogP contribution in [0.25, 0.3) is 11.1 Å². The minimum absolute atomic E-state index is 0.227. The second kappa shape index (κ2) is 5.59. The molecule has 2 rings (SSSR count). The van der Waals surface area contributed by atoms with Crippen LogP contribution in [0, 0.1) is 0 Å². The van der Waals surface area contributed by atoms with Gasteiger partial charge in [0.25, 0.3) is 0 Å². The molecule has 0 aliphatic heterocycles. The highest BCUT2D eigenvalue weighted by atomic mass is 16.4. The highest BCUT2D eigenvalue weighted by molar-refractivity contribution is 5.85. The van der Waals surface area contributed by atoms with Crippen molar-refractivity contribution in [3.8, 4) is 0 Å². The molecule has 0 spiro atoms. The summed E-state index contributed by atoms with van der Waals surface area (Å²) in [7, 11) is 0. The van der Waals surface area contributed by atoms with E-state index in [-0.39, 0.29) is 6.61 Å². The summed E-state index contributed by atoms with van der Waals surface area (Å²) < 4.78 is 4.91. The van der Waals surface area contributed by atoms with E-state index in [0.717, 1.165) is 31.5 Å². The summed E-state index contributed by atoms with van der Waals surface area (Å²) in [5.74, 6) is -0.482. The first-order chi connectivity index (χ1) is 8.70. The molecule has 0 aliphatic rings. The largest absolute Gasteiger partial charge is 0.417 e. The number of aliphatic hydroxyl groups excluding tert-OH is 1. The van der Waals surface area contributed by atoms with E-state index in [1.807, 2.05) is 0 Å². The summed E-state index contributed by atoms with van der Waals surface area (Å²) in [6.45, 7) is 1.00. The van der Waals surface area contributed by atoms with Gasteiger partial charge in [-0.3, -0.25) is 4.98 Å². The second-order valence-corrected chi connectivity index (χ2v) is 4.16. The van der Waals surface area contributed by atoms with Crippen LogP contribution in [0.5, 0.6) is 0 Å². The van der Waals surface area contributed by atoms with Crippen molar-refractivity contribution < 1.29 is 9.52 Å². The first-order valence-corrected chi connectivity index (χ1v) is 5.98. The minimum atomic E-state index is -0.482. The van der Waals surface area contributed by atoms with Gasteiger partial charge in [-0.2, -0.15) is 0 Å². The summed E-state index contributed by atoms with van der Waals surface area (Å²) in [5.41, 5.74) is 8.28. The molecular weight excluding hydrogens is 234 g/mol. The van der Waals surface area contributed by atoms with Gasteiger partial charge >= 0.3 is 5.76 Å². The lowest BCUT2D eigenvalue weighted by Gasteiger charge is -2.08. The Morgan fingerprint density at radius 1 is 1.33 bits per heavy atom. The number of unbranched alkanes of at least 4 members (excludes halogenated alkanes) is 2. The number of aliphatic hydroxyl groups is 1. The Bertz CT molecular complexity index is 573. The van der Waals surface area contributed by atoms with E-state index in [1.165, 1.54) is 0 Å². The number of nitrogens with two attached hydrogens (primary N) is 1. The number of nitrogens with one attached hydrogen (secondary N) is 2. The smallest absolute Gasteiger partial charge is 0.408 e. The molecule has 1 aromatic carbocycles. The molecule has 1 heterocycles. The number of aromatic amines is 1. The monoisotopic (exact) mass is 251 g/mol. The molecule has 0 saturated heterocycles. The van der Waals surface area contributed by atoms with Gasteiger partial charge in [0.15, 0.2) is 5.58 Å². The topological polar surface area (TPSA) is 104 Å². The van der Waals surface area contributed by atoms with E-state index in [0.29, 0.717) is 16.8 Å². The number of rotatable bonds is 6. The molecule has 6 nitrogen and oxygen atoms in total. The van der Waals surface area contributed by atoms with Crippen LogP contribution in [0.4, 0.5) is 11.4 Å². The SMILES string of the molecule is Nc1cc2oc(=O)[nH]c2cc1NCCCCCO. The molecule has 0 unspecified atom stereocenters. The second-order valence-electron chi connectivity index (χ2n) is 4.16. The van der Waals surface area contributed by atoms with Crippen LogP contribution < -0.4 is 16.8 Å². The fourth-order valence-electron chi connectivity index (χ4n) is 1.80. The van der Waals surface area contributed by atoms with Crippen molar-refractivity contribution in [1.29, 1.82) is 0 Å². The molecule has 6 heteroatoms. The predicted octanol–water partition coefficient (Wildman–Crippen LogP) is 1.28. The molecule has 0 atom stereocenters. The Hall–Kier alpha value is -1.95. The fraction of sp³-hybridized carbons (Fsp3) is 0.417. The van der Waals surface area contributed by atoms with Crippen molar-refractivity contribution in [1.82, 2.24) is 4.98 Å². The number of anilines is 2. The zero-order valence-electron chi connectivity index (χ0n) is 10.0. The van der Waals surface area contributed by atoms with Gasteiger partial charge < -0.3 is 20.6 Å². The van der Waals surface area contributed by atoms with Crippen LogP contribution >= 0.6 is 0 Å². The van der Waals surface area contributed by atoms with Crippen LogP contribution in [0.1, 0.15) is 19.3 Å². The van der Waals surface area contributed by atoms with Crippen LogP contribution in [0.15, 0.2) is 21.3 Å². The van der Waals surface area contributed by atoms with Gasteiger partial charge in [0, 0.05) is 19.2 Å². The Kier molecular flexibility index (Phi) is 3.88. The first-order valence-electron chi connectivity index (χ1n) is 5.98. The maximum Gasteiger partial charge on any atom is 0.417 e. The number of nitrogen functional groups attached to an aromatic ring is 1. The molecule has 0 radical (unpaired) electrons. The highest BCUT2D eigenvalue weighted by Crippen LogP contribution is 2.24. The lowest BCUT2D eigenvalue weighted by molar-refractivity contribution is 0.283. The molecule has 0 bridgehead atoms. The van der Waals surface area contributed by atoms with Gasteiger partial charge in [-0.25, -0.2) is 4.79 Å². The summed E-state index contributed by atoms with van der Waals surface area (Å²) in [6.07, 6.45) is 2.74. The average molecular weight is 251 g/mol. The van der Waals surface area contributed by atoms with Crippen molar-refractivity contribution in [3.63, 3.8) is 0 Å². The van der Waals surface area contributed by atoms with Gasteiger partial charge in [-0.15, -0.1) is 0 Å². The molecular formula is C12H17N3O3. The lowest BCUT2D eigenvalue weighted by atomic mass is 10.2. The molecule has 0 fully saturated rings. The number of oxazole rings is 1. The molecule has 18 heavy (non-hydrogen) atoms. The summed E-state index contributed by atoms with van der Waals surface area (Å²) in [5, 5.41) is 11.9. The van der Waals surface area contributed by atoms with E-state index in [4.69, 9.17) is 15.3 Å². The summed E-state index contributed by atoms with van der Waals surface area (Å²) in [4.78, 5) is 13.6. The van der Waals surface area contributed by atoms with E-state index in [1.54, 1.807) is 12.1 Å². The van der Waals surface area contributed by atoms with Crippen LogP contribution in [0.2, 0.25) is 0 Å². The molecule has 2 aromatic rings. The Morgan fingerprint density at radius 3 is 2.94 bits per heavy atom. The first kappa shape index (κ1) is 12.5. The molecule has 98 valence electrons. The predicted molar refractivity (Wildman–Crippen MR) is 70.7 cm³/mol. The van der Waals surface area contributed by atoms with Crippen molar-refractivity contribution in [2.45, 2.75) is 19.3 Å². The van der Waals surface area contributed by atoms with Gasteiger partial charge in [-0.1, -0.05) is 0 Å². The molecule has 0 saturated carbocycles. The van der Waals surface area contributed by atoms with Crippen molar-refractivity contribution in [3.05, 3.63) is 22.7 Å². The van der Waals surface area contributed by atoms with Crippen molar-refractivity contribution in [2.24, 2.45) is 0 Å². The zero-order valence-corrected chi connectivity index (χ0v) is 10.0. The average Bonchev–Trinajstić information content (AvgIpc) is 2.68. The third kappa shape index (κ3) is 2.84. The van der Waals surface area contributed by atoms with Crippen molar-refractivity contribution >= 4 is 22.5 Å². The normalized spacial score (nSPS) is 10.9. The third-order valence-corrected chi connectivity index (χ3v) is 2.74. The number of hydrogen-bond acceptors (Lipinski definition) is 5. The molecule has 5 N–H and O–H groups in total. The number of fused-ring (bicyclic) bond motifs is 1. The Balaban J connectivity index is 2.03. The fourth-order valence-corrected chi connectivity index (χ4v) is 1.80. The van der Waals surface area contributed by atoms with Gasteiger partial charge in [-0.05, 0) is 25.3 Å². The van der Waals surface area contributed by atoms with Crippen molar-refractivity contribution in [2.75, 3.05) is 24.2 Å². The number of aromatic nitrogens is 1. The lowest BCUT2D eigenvalue weighted by Crippen LogP contribution is -2.04. The van der Waals surface area contributed by atoms with Gasteiger partial charge in [0.2, 0.25) is 0 Å². The summed E-state index contributed by atoms with van der Waals surface area (Å²) in [6, 6.07) is 3.39. The Morgan fingerprint density at radius 2 is 2.17 bits per heavy atom. The minimum Gasteiger partial charge on any atom is -0.408 e. The van der Waals surface area contributed by atoms with Crippen LogP contribution in [0.3, 0.4) is 0 Å². The molecule has 0 aliphatic carbocycles. The van der Waals surface area contributed by atoms with Gasteiger partial charge in [0.05, 0.1) is 16.9 Å². The number of hydrogen-bond donors (Lipinski definition) is 4. The maximum absolute atomic E-state index is 11.0. The third-order valence-electron chi connectivity index (χ3n) is 2.74.